The van der Waals surface area contributed by atoms with E-state index in [1.165, 1.54) is 0 Å². The van der Waals surface area contributed by atoms with E-state index in [9.17, 15) is 0 Å². The first-order chi connectivity index (χ1) is 4.22. The zero-order chi connectivity index (χ0) is 7.28. The minimum absolute atomic E-state index is 0.112. The number of hydrogen-bond acceptors (Lipinski definition) is 2. The molecule has 0 saturated carbocycles. The molecule has 0 fully saturated rings. The molecule has 0 bridgehead atoms. The summed E-state index contributed by atoms with van der Waals surface area (Å²) >= 11 is 5.27. The van der Waals surface area contributed by atoms with Crippen molar-refractivity contribution >= 4 is 11.6 Å². The van der Waals surface area contributed by atoms with Crippen molar-refractivity contribution in [2.75, 3.05) is 5.88 Å². The summed E-state index contributed by atoms with van der Waals surface area (Å²) in [6.07, 6.45) is 0.0855. The van der Waals surface area contributed by atoms with Crippen molar-refractivity contribution in [2.45, 2.75) is 32.0 Å². The molecule has 0 rings (SSSR count). The molecule has 0 saturated heterocycles. The third-order valence-electron chi connectivity index (χ3n) is 1.19. The van der Waals surface area contributed by atoms with Crippen molar-refractivity contribution in [2.24, 2.45) is 0 Å². The summed E-state index contributed by atoms with van der Waals surface area (Å²) in [6.45, 7) is 1.95. The van der Waals surface area contributed by atoms with Crippen molar-refractivity contribution in [3.63, 3.8) is 0 Å². The van der Waals surface area contributed by atoms with Crippen molar-refractivity contribution in [1.29, 1.82) is 0 Å². The highest BCUT2D eigenvalue weighted by atomic mass is 35.5. The number of hydrogen-bond donors (Lipinski definition) is 2. The Kier molecular flexibility index (Phi) is 5.15. The predicted molar refractivity (Wildman–Crippen MR) is 37.6 cm³/mol. The molecule has 2 atom stereocenters. The summed E-state index contributed by atoms with van der Waals surface area (Å²) in [5.74, 6) is 0.112. The van der Waals surface area contributed by atoms with Crippen LogP contribution in [0.25, 0.3) is 0 Å². The van der Waals surface area contributed by atoms with Gasteiger partial charge in [0.1, 0.15) is 0 Å². The number of rotatable bonds is 4. The monoisotopic (exact) mass is 152 g/mol. The molecular formula is C6H13ClO2. The first-order valence-corrected chi connectivity index (χ1v) is 3.68. The second-order valence-electron chi connectivity index (χ2n) is 2.08. The van der Waals surface area contributed by atoms with E-state index < -0.39 is 12.2 Å². The standard InChI is InChI=1S/C6H13ClO2/c1-2-3-5(8)6(9)4-7/h5-6,8-9H,2-4H2,1H3. The van der Waals surface area contributed by atoms with E-state index in [2.05, 4.69) is 0 Å². The van der Waals surface area contributed by atoms with Crippen LogP contribution in [0.2, 0.25) is 0 Å². The van der Waals surface area contributed by atoms with Gasteiger partial charge in [0, 0.05) is 0 Å². The Morgan fingerprint density at radius 2 is 1.89 bits per heavy atom. The lowest BCUT2D eigenvalue weighted by atomic mass is 10.1. The number of aliphatic hydroxyl groups excluding tert-OH is 2. The van der Waals surface area contributed by atoms with E-state index in [0.29, 0.717) is 6.42 Å². The molecular weight excluding hydrogens is 140 g/mol. The molecule has 2 unspecified atom stereocenters. The number of halogens is 1. The highest BCUT2D eigenvalue weighted by Gasteiger charge is 2.12. The number of aliphatic hydroxyl groups is 2. The Hall–Kier alpha value is 0.210. The zero-order valence-corrected chi connectivity index (χ0v) is 6.30. The van der Waals surface area contributed by atoms with Gasteiger partial charge in [0.15, 0.2) is 0 Å². The van der Waals surface area contributed by atoms with Crippen LogP contribution in [0.3, 0.4) is 0 Å². The fourth-order valence-corrected chi connectivity index (χ4v) is 0.797. The third kappa shape index (κ3) is 3.73. The van der Waals surface area contributed by atoms with E-state index in [0.717, 1.165) is 6.42 Å². The normalized spacial score (nSPS) is 17.3. The summed E-state index contributed by atoms with van der Waals surface area (Å²) in [7, 11) is 0. The van der Waals surface area contributed by atoms with Gasteiger partial charge in [-0.05, 0) is 6.42 Å². The molecule has 0 aliphatic rings. The molecule has 2 N–H and O–H groups in total. The summed E-state index contributed by atoms with van der Waals surface area (Å²) in [5.41, 5.74) is 0. The van der Waals surface area contributed by atoms with Crippen LogP contribution >= 0.6 is 11.6 Å². The van der Waals surface area contributed by atoms with Gasteiger partial charge in [-0.15, -0.1) is 11.6 Å². The van der Waals surface area contributed by atoms with Gasteiger partial charge < -0.3 is 10.2 Å². The van der Waals surface area contributed by atoms with E-state index in [-0.39, 0.29) is 5.88 Å². The van der Waals surface area contributed by atoms with Crippen LogP contribution in [-0.2, 0) is 0 Å². The fraction of sp³-hybridized carbons (Fsp3) is 1.00. The SMILES string of the molecule is CCCC(O)C(O)CCl. The van der Waals surface area contributed by atoms with Crippen molar-refractivity contribution in [1.82, 2.24) is 0 Å². The van der Waals surface area contributed by atoms with Crippen LogP contribution in [0.15, 0.2) is 0 Å². The van der Waals surface area contributed by atoms with E-state index in [1.54, 1.807) is 0 Å². The summed E-state index contributed by atoms with van der Waals surface area (Å²) in [4.78, 5) is 0. The second-order valence-corrected chi connectivity index (χ2v) is 2.39. The third-order valence-corrected chi connectivity index (χ3v) is 1.50. The topological polar surface area (TPSA) is 40.5 Å². The highest BCUT2D eigenvalue weighted by molar-refractivity contribution is 6.18. The van der Waals surface area contributed by atoms with Crippen LogP contribution in [0.4, 0.5) is 0 Å². The first kappa shape index (κ1) is 9.21. The molecule has 3 heteroatoms. The van der Waals surface area contributed by atoms with Crippen molar-refractivity contribution < 1.29 is 10.2 Å². The molecule has 0 amide bonds. The van der Waals surface area contributed by atoms with Crippen LogP contribution in [0.5, 0.6) is 0 Å². The maximum absolute atomic E-state index is 8.98. The molecule has 0 aliphatic heterocycles. The van der Waals surface area contributed by atoms with Crippen LogP contribution in [0, 0.1) is 0 Å². The lowest BCUT2D eigenvalue weighted by Crippen LogP contribution is -2.26. The Labute approximate surface area is 60.5 Å². The maximum Gasteiger partial charge on any atom is 0.0933 e. The van der Waals surface area contributed by atoms with Gasteiger partial charge in [0.05, 0.1) is 18.1 Å². The lowest BCUT2D eigenvalue weighted by Gasteiger charge is -2.13. The van der Waals surface area contributed by atoms with Gasteiger partial charge in [-0.3, -0.25) is 0 Å². The van der Waals surface area contributed by atoms with Crippen molar-refractivity contribution in [3.8, 4) is 0 Å². The Bertz CT molecular complexity index is 68.1. The quantitative estimate of drug-likeness (QED) is 0.584. The fourth-order valence-electron chi connectivity index (χ4n) is 0.591. The van der Waals surface area contributed by atoms with Gasteiger partial charge in [-0.1, -0.05) is 13.3 Å². The minimum Gasteiger partial charge on any atom is -0.390 e. The molecule has 0 heterocycles. The van der Waals surface area contributed by atoms with Crippen molar-refractivity contribution in [3.05, 3.63) is 0 Å². The van der Waals surface area contributed by atoms with E-state index >= 15 is 0 Å². The Balaban J connectivity index is 3.32. The molecule has 9 heavy (non-hydrogen) atoms. The van der Waals surface area contributed by atoms with E-state index in [1.807, 2.05) is 6.92 Å². The van der Waals surface area contributed by atoms with Gasteiger partial charge in [0.2, 0.25) is 0 Å². The number of alkyl halides is 1. The van der Waals surface area contributed by atoms with Crippen LogP contribution in [-0.4, -0.2) is 28.3 Å². The molecule has 0 aromatic heterocycles. The molecule has 2 nitrogen and oxygen atoms in total. The van der Waals surface area contributed by atoms with Crippen LogP contribution in [0.1, 0.15) is 19.8 Å². The smallest absolute Gasteiger partial charge is 0.0933 e. The minimum atomic E-state index is -0.758. The van der Waals surface area contributed by atoms with E-state index in [4.69, 9.17) is 21.8 Å². The maximum atomic E-state index is 8.98. The Morgan fingerprint density at radius 1 is 1.33 bits per heavy atom. The zero-order valence-electron chi connectivity index (χ0n) is 5.55. The Morgan fingerprint density at radius 3 is 2.22 bits per heavy atom. The van der Waals surface area contributed by atoms with Gasteiger partial charge >= 0.3 is 0 Å². The second kappa shape index (κ2) is 5.03. The van der Waals surface area contributed by atoms with Gasteiger partial charge in [0.25, 0.3) is 0 Å². The summed E-state index contributed by atoms with van der Waals surface area (Å²) < 4.78 is 0. The van der Waals surface area contributed by atoms with Crippen LogP contribution < -0.4 is 0 Å². The molecule has 0 aliphatic carbocycles. The molecule has 0 radical (unpaired) electrons. The molecule has 0 spiro atoms. The average Bonchev–Trinajstić information content (AvgIpc) is 1.87. The summed E-state index contributed by atoms with van der Waals surface area (Å²) in [5, 5.41) is 17.9. The highest BCUT2D eigenvalue weighted by Crippen LogP contribution is 2.02. The lowest BCUT2D eigenvalue weighted by molar-refractivity contribution is 0.0279. The van der Waals surface area contributed by atoms with Gasteiger partial charge in [-0.25, -0.2) is 0 Å². The largest absolute Gasteiger partial charge is 0.390 e. The molecule has 56 valence electrons. The van der Waals surface area contributed by atoms with Gasteiger partial charge in [-0.2, -0.15) is 0 Å². The molecule has 0 aromatic rings. The summed E-state index contributed by atoms with van der Waals surface area (Å²) in [6, 6.07) is 0. The predicted octanol–water partition coefficient (Wildman–Crippen LogP) is 0.747. The average molecular weight is 153 g/mol. The first-order valence-electron chi connectivity index (χ1n) is 3.14. The molecule has 0 aromatic carbocycles.